The van der Waals surface area contributed by atoms with E-state index >= 15 is 0 Å². The molecule has 1 heterocycles. The van der Waals surface area contributed by atoms with Crippen LogP contribution in [0.5, 0.6) is 11.5 Å². The minimum atomic E-state index is -0.144. The molecule has 0 saturated heterocycles. The van der Waals surface area contributed by atoms with Gasteiger partial charge in [-0.1, -0.05) is 35.3 Å². The highest BCUT2D eigenvalue weighted by Crippen LogP contribution is 2.42. The molecule has 2 atom stereocenters. The summed E-state index contributed by atoms with van der Waals surface area (Å²) in [5, 5.41) is 1.05. The summed E-state index contributed by atoms with van der Waals surface area (Å²) in [7, 11) is 1.63. The smallest absolute Gasteiger partial charge is 0.128 e. The van der Waals surface area contributed by atoms with Crippen molar-refractivity contribution in [2.75, 3.05) is 7.11 Å². The molecular weight excluding hydrogens is 309 g/mol. The van der Waals surface area contributed by atoms with Gasteiger partial charge >= 0.3 is 0 Å². The quantitative estimate of drug-likeness (QED) is 0.883. The molecule has 1 aliphatic rings. The van der Waals surface area contributed by atoms with Crippen molar-refractivity contribution < 1.29 is 9.47 Å². The van der Waals surface area contributed by atoms with Gasteiger partial charge in [0.25, 0.3) is 0 Å². The number of methoxy groups -OCH3 is 1. The van der Waals surface area contributed by atoms with Crippen molar-refractivity contribution in [2.24, 2.45) is 5.73 Å². The van der Waals surface area contributed by atoms with E-state index in [2.05, 4.69) is 0 Å². The topological polar surface area (TPSA) is 44.5 Å². The van der Waals surface area contributed by atoms with Crippen LogP contribution in [0.3, 0.4) is 0 Å². The monoisotopic (exact) mass is 323 g/mol. The summed E-state index contributed by atoms with van der Waals surface area (Å²) in [6.07, 6.45) is 0.548. The Bertz CT molecular complexity index is 675. The molecule has 0 fully saturated rings. The average molecular weight is 324 g/mol. The van der Waals surface area contributed by atoms with Crippen LogP contribution in [0.1, 0.15) is 29.7 Å². The number of nitrogens with two attached hydrogens (primary N) is 1. The lowest BCUT2D eigenvalue weighted by Gasteiger charge is -2.31. The Morgan fingerprint density at radius 2 is 1.95 bits per heavy atom. The van der Waals surface area contributed by atoms with Gasteiger partial charge in [0.2, 0.25) is 0 Å². The molecule has 0 spiro atoms. The SMILES string of the molecule is COc1ccc2c(c1)OC(c1ccc(Cl)c(Cl)c1)C[C@@H]2N. The van der Waals surface area contributed by atoms with E-state index in [1.807, 2.05) is 30.3 Å². The zero-order valence-electron chi connectivity index (χ0n) is 11.5. The first kappa shape index (κ1) is 14.5. The van der Waals surface area contributed by atoms with Gasteiger partial charge in [0.1, 0.15) is 17.6 Å². The van der Waals surface area contributed by atoms with Crippen LogP contribution in [0.4, 0.5) is 0 Å². The highest BCUT2D eigenvalue weighted by Gasteiger charge is 2.27. The molecule has 0 amide bonds. The van der Waals surface area contributed by atoms with Crippen molar-refractivity contribution >= 4 is 23.2 Å². The summed E-state index contributed by atoms with van der Waals surface area (Å²) < 4.78 is 11.3. The number of fused-ring (bicyclic) bond motifs is 1. The largest absolute Gasteiger partial charge is 0.497 e. The molecule has 2 aromatic carbocycles. The molecule has 0 aromatic heterocycles. The lowest BCUT2D eigenvalue weighted by atomic mass is 9.93. The Morgan fingerprint density at radius 3 is 2.67 bits per heavy atom. The van der Waals surface area contributed by atoms with Gasteiger partial charge in [-0.15, -0.1) is 0 Å². The van der Waals surface area contributed by atoms with Crippen molar-refractivity contribution in [3.8, 4) is 11.5 Å². The van der Waals surface area contributed by atoms with Crippen LogP contribution >= 0.6 is 23.2 Å². The molecule has 3 rings (SSSR count). The summed E-state index contributed by atoms with van der Waals surface area (Å²) >= 11 is 12.0. The van der Waals surface area contributed by atoms with E-state index in [1.165, 1.54) is 0 Å². The standard InChI is InChI=1S/C16H15Cl2NO2/c1-20-10-3-4-11-14(19)8-15(21-16(11)7-10)9-2-5-12(17)13(18)6-9/h2-7,14-15H,8,19H2,1H3/t14-,15?/m0/s1. The molecule has 0 aliphatic carbocycles. The van der Waals surface area contributed by atoms with E-state index in [1.54, 1.807) is 13.2 Å². The van der Waals surface area contributed by atoms with Gasteiger partial charge in [-0.25, -0.2) is 0 Å². The van der Waals surface area contributed by atoms with Gasteiger partial charge < -0.3 is 15.2 Å². The zero-order chi connectivity index (χ0) is 15.0. The van der Waals surface area contributed by atoms with Crippen LogP contribution < -0.4 is 15.2 Å². The van der Waals surface area contributed by atoms with Crippen LogP contribution in [-0.2, 0) is 0 Å². The van der Waals surface area contributed by atoms with E-state index < -0.39 is 0 Å². The molecule has 0 saturated carbocycles. The second kappa shape index (κ2) is 5.76. The lowest BCUT2D eigenvalue weighted by molar-refractivity contribution is 0.161. The third-order valence-electron chi connectivity index (χ3n) is 3.67. The molecule has 3 nitrogen and oxygen atoms in total. The molecule has 1 unspecified atom stereocenters. The van der Waals surface area contributed by atoms with Crippen LogP contribution in [0.25, 0.3) is 0 Å². The summed E-state index contributed by atoms with van der Waals surface area (Å²) in [5.74, 6) is 1.50. The molecule has 1 aliphatic heterocycles. The number of halogens is 2. The van der Waals surface area contributed by atoms with Gasteiger partial charge in [-0.3, -0.25) is 0 Å². The fourth-order valence-electron chi connectivity index (χ4n) is 2.53. The summed E-state index contributed by atoms with van der Waals surface area (Å²) in [6.45, 7) is 0. The Hall–Kier alpha value is -1.42. The lowest BCUT2D eigenvalue weighted by Crippen LogP contribution is -2.24. The highest BCUT2D eigenvalue weighted by atomic mass is 35.5. The van der Waals surface area contributed by atoms with Gasteiger partial charge in [0, 0.05) is 24.1 Å². The van der Waals surface area contributed by atoms with E-state index in [-0.39, 0.29) is 12.1 Å². The third kappa shape index (κ3) is 2.82. The maximum atomic E-state index is 6.25. The third-order valence-corrected chi connectivity index (χ3v) is 4.41. The average Bonchev–Trinajstić information content (AvgIpc) is 2.49. The fourth-order valence-corrected chi connectivity index (χ4v) is 2.83. The predicted molar refractivity (Wildman–Crippen MR) is 84.4 cm³/mol. The molecule has 110 valence electrons. The summed E-state index contributed by atoms with van der Waals surface area (Å²) in [6, 6.07) is 11.1. The van der Waals surface area contributed by atoms with E-state index in [0.29, 0.717) is 16.5 Å². The fraction of sp³-hybridized carbons (Fsp3) is 0.250. The number of ether oxygens (including phenoxy) is 2. The van der Waals surface area contributed by atoms with Gasteiger partial charge in [0.05, 0.1) is 17.2 Å². The van der Waals surface area contributed by atoms with E-state index in [0.717, 1.165) is 22.6 Å². The highest BCUT2D eigenvalue weighted by molar-refractivity contribution is 6.42. The zero-order valence-corrected chi connectivity index (χ0v) is 13.0. The molecule has 0 radical (unpaired) electrons. The van der Waals surface area contributed by atoms with Crippen molar-refractivity contribution in [1.29, 1.82) is 0 Å². The Kier molecular flexibility index (Phi) is 3.98. The normalized spacial score (nSPS) is 20.6. The first-order valence-electron chi connectivity index (χ1n) is 6.63. The summed E-state index contributed by atoms with van der Waals surface area (Å²) in [5.41, 5.74) is 8.21. The van der Waals surface area contributed by atoms with Crippen LogP contribution in [0.2, 0.25) is 10.0 Å². The Balaban J connectivity index is 1.94. The molecular formula is C16H15Cl2NO2. The van der Waals surface area contributed by atoms with Gasteiger partial charge in [-0.2, -0.15) is 0 Å². The molecule has 2 aromatic rings. The molecule has 21 heavy (non-hydrogen) atoms. The minimum absolute atomic E-state index is 0.0842. The van der Waals surface area contributed by atoms with Crippen molar-refractivity contribution in [3.05, 3.63) is 57.6 Å². The number of benzene rings is 2. The number of rotatable bonds is 2. The van der Waals surface area contributed by atoms with Crippen molar-refractivity contribution in [1.82, 2.24) is 0 Å². The molecule has 0 bridgehead atoms. The van der Waals surface area contributed by atoms with Crippen LogP contribution in [-0.4, -0.2) is 7.11 Å². The summed E-state index contributed by atoms with van der Waals surface area (Å²) in [4.78, 5) is 0. The Morgan fingerprint density at radius 1 is 1.14 bits per heavy atom. The number of hydrogen-bond donors (Lipinski definition) is 1. The maximum absolute atomic E-state index is 6.25. The van der Waals surface area contributed by atoms with Crippen LogP contribution in [0, 0.1) is 0 Å². The number of hydrogen-bond acceptors (Lipinski definition) is 3. The van der Waals surface area contributed by atoms with E-state index in [4.69, 9.17) is 38.4 Å². The van der Waals surface area contributed by atoms with Gasteiger partial charge in [-0.05, 0) is 23.8 Å². The minimum Gasteiger partial charge on any atom is -0.497 e. The predicted octanol–water partition coefficient (Wildman–Crippen LogP) is 4.53. The van der Waals surface area contributed by atoms with Crippen molar-refractivity contribution in [3.63, 3.8) is 0 Å². The maximum Gasteiger partial charge on any atom is 0.128 e. The Labute approximate surface area is 133 Å². The van der Waals surface area contributed by atoms with Crippen molar-refractivity contribution in [2.45, 2.75) is 18.6 Å². The van der Waals surface area contributed by atoms with Crippen LogP contribution in [0.15, 0.2) is 36.4 Å². The van der Waals surface area contributed by atoms with E-state index in [9.17, 15) is 0 Å². The molecule has 5 heteroatoms. The first-order valence-corrected chi connectivity index (χ1v) is 7.39. The second-order valence-corrected chi connectivity index (χ2v) is 5.84. The first-order chi connectivity index (χ1) is 10.1. The second-order valence-electron chi connectivity index (χ2n) is 5.03. The van der Waals surface area contributed by atoms with Gasteiger partial charge in [0.15, 0.2) is 0 Å². The molecule has 2 N–H and O–H groups in total.